The highest BCUT2D eigenvalue weighted by Crippen LogP contribution is 2.54. The van der Waals surface area contributed by atoms with Crippen molar-refractivity contribution in [2.24, 2.45) is 18.9 Å². The Bertz CT molecular complexity index is 847. The molecule has 1 aromatic carbocycles. The lowest BCUT2D eigenvalue weighted by molar-refractivity contribution is -0.121. The van der Waals surface area contributed by atoms with Crippen LogP contribution in [0.15, 0.2) is 35.9 Å². The molecule has 2 aromatic rings. The molecule has 5 heterocycles. The lowest BCUT2D eigenvalue weighted by Crippen LogP contribution is -2.60. The summed E-state index contributed by atoms with van der Waals surface area (Å²) in [5.74, 6) is 0.613. The zero-order valence-electron chi connectivity index (χ0n) is 13.7. The highest BCUT2D eigenvalue weighted by Gasteiger charge is 2.53. The Kier molecular flexibility index (Phi) is 2.70. The molecule has 0 amide bonds. The summed E-state index contributed by atoms with van der Waals surface area (Å²) in [7, 11) is 2.21. The number of allylic oxidation sites excluding steroid dienone is 1. The number of nitrogens with zero attached hydrogens (tertiary/aromatic N) is 2. The number of fused-ring (bicyclic) bond motifs is 4. The molecule has 1 aromatic heterocycles. The van der Waals surface area contributed by atoms with Gasteiger partial charge in [-0.25, -0.2) is 0 Å². The first kappa shape index (κ1) is 13.6. The van der Waals surface area contributed by atoms with Gasteiger partial charge in [0.1, 0.15) is 6.29 Å². The Balaban J connectivity index is 1.74. The summed E-state index contributed by atoms with van der Waals surface area (Å²) in [6, 6.07) is 9.59. The van der Waals surface area contributed by atoms with E-state index in [0.717, 1.165) is 19.4 Å². The van der Waals surface area contributed by atoms with Crippen LogP contribution in [0.2, 0.25) is 0 Å². The number of carbonyl (C=O) groups is 1. The third kappa shape index (κ3) is 1.56. The Hall–Kier alpha value is -1.87. The predicted octanol–water partition coefficient (Wildman–Crippen LogP) is 3.24. The summed E-state index contributed by atoms with van der Waals surface area (Å²) in [5.41, 5.74) is 5.78. The van der Waals surface area contributed by atoms with Gasteiger partial charge in [0.05, 0.1) is 6.04 Å². The third-order valence-corrected chi connectivity index (χ3v) is 6.57. The van der Waals surface area contributed by atoms with E-state index in [4.69, 9.17) is 0 Å². The third-order valence-electron chi connectivity index (χ3n) is 6.57. The molecule has 4 aliphatic heterocycles. The Labute approximate surface area is 136 Å². The SMILES string of the molecule is CC=C1CN2[C@H]3C[C@@H]1[C@H](C=O)[C@@H]2Cc1c3n(C)c2ccccc12. The van der Waals surface area contributed by atoms with Gasteiger partial charge in [0.2, 0.25) is 0 Å². The van der Waals surface area contributed by atoms with Gasteiger partial charge in [-0.3, -0.25) is 4.90 Å². The van der Waals surface area contributed by atoms with Crippen LogP contribution in [-0.4, -0.2) is 28.3 Å². The normalized spacial score (nSPS) is 36.4. The smallest absolute Gasteiger partial charge is 0.125 e. The van der Waals surface area contributed by atoms with Gasteiger partial charge < -0.3 is 9.36 Å². The minimum Gasteiger partial charge on any atom is -0.346 e. The van der Waals surface area contributed by atoms with Crippen molar-refractivity contribution in [2.45, 2.75) is 31.8 Å². The molecule has 118 valence electrons. The van der Waals surface area contributed by atoms with Crippen molar-refractivity contribution in [1.29, 1.82) is 0 Å². The standard InChI is InChI=1S/C20H22N2O/c1-3-12-10-22-18-9-15-13-6-4-5-7-17(13)21(2)20(15)19(22)8-14(12)16(18)11-23/h3-7,11,14,16,18-19H,8-10H2,1-2H3/t14-,16-,18-,19-/m0/s1. The van der Waals surface area contributed by atoms with E-state index in [2.05, 4.69) is 53.8 Å². The molecule has 0 spiro atoms. The number of aryl methyl sites for hydroxylation is 1. The molecule has 4 aliphatic rings. The fraction of sp³-hybridized carbons (Fsp3) is 0.450. The summed E-state index contributed by atoms with van der Waals surface area (Å²) in [5, 5.41) is 1.38. The van der Waals surface area contributed by atoms with E-state index in [1.165, 1.54) is 34.0 Å². The number of aromatic nitrogens is 1. The minimum absolute atomic E-state index is 0.165. The van der Waals surface area contributed by atoms with Crippen LogP contribution in [0.1, 0.15) is 30.6 Å². The molecule has 3 fully saturated rings. The second-order valence-corrected chi connectivity index (χ2v) is 7.32. The van der Waals surface area contributed by atoms with E-state index >= 15 is 0 Å². The zero-order valence-corrected chi connectivity index (χ0v) is 13.7. The maximum absolute atomic E-state index is 11.8. The highest BCUT2D eigenvalue weighted by atomic mass is 16.1. The van der Waals surface area contributed by atoms with Gasteiger partial charge >= 0.3 is 0 Å². The van der Waals surface area contributed by atoms with Crippen LogP contribution in [-0.2, 0) is 18.3 Å². The van der Waals surface area contributed by atoms with Gasteiger partial charge in [-0.2, -0.15) is 0 Å². The lowest BCUT2D eigenvalue weighted by atomic mass is 9.64. The number of benzene rings is 1. The molecule has 1 unspecified atom stereocenters. The van der Waals surface area contributed by atoms with E-state index in [9.17, 15) is 4.79 Å². The maximum atomic E-state index is 11.8. The van der Waals surface area contributed by atoms with Gasteiger partial charge in [-0.05, 0) is 37.3 Å². The summed E-state index contributed by atoms with van der Waals surface area (Å²) >= 11 is 0. The molecule has 0 N–H and O–H groups in total. The van der Waals surface area contributed by atoms with Crippen molar-refractivity contribution in [3.8, 4) is 0 Å². The first-order valence-electron chi connectivity index (χ1n) is 8.67. The predicted molar refractivity (Wildman–Crippen MR) is 91.3 cm³/mol. The van der Waals surface area contributed by atoms with Gasteiger partial charge in [0.25, 0.3) is 0 Å². The van der Waals surface area contributed by atoms with Crippen molar-refractivity contribution in [3.63, 3.8) is 0 Å². The Morgan fingerprint density at radius 1 is 1.26 bits per heavy atom. The molecule has 23 heavy (non-hydrogen) atoms. The van der Waals surface area contributed by atoms with Crippen LogP contribution in [0.4, 0.5) is 0 Å². The van der Waals surface area contributed by atoms with E-state index in [-0.39, 0.29) is 5.92 Å². The summed E-state index contributed by atoms with van der Waals surface area (Å²) in [6.07, 6.45) is 5.59. The molecule has 5 atom stereocenters. The van der Waals surface area contributed by atoms with Gasteiger partial charge in [-0.15, -0.1) is 0 Å². The Morgan fingerprint density at radius 3 is 2.87 bits per heavy atom. The summed E-state index contributed by atoms with van der Waals surface area (Å²) in [6.45, 7) is 3.17. The van der Waals surface area contributed by atoms with Crippen molar-refractivity contribution in [3.05, 3.63) is 47.2 Å². The monoisotopic (exact) mass is 306 g/mol. The molecule has 0 radical (unpaired) electrons. The summed E-state index contributed by atoms with van der Waals surface area (Å²) < 4.78 is 2.40. The van der Waals surface area contributed by atoms with Gasteiger partial charge in [-0.1, -0.05) is 29.8 Å². The Morgan fingerprint density at radius 2 is 2.09 bits per heavy atom. The molecule has 6 rings (SSSR count). The van der Waals surface area contributed by atoms with Crippen molar-refractivity contribution in [2.75, 3.05) is 6.54 Å². The molecular formula is C20H22N2O. The van der Waals surface area contributed by atoms with E-state index in [1.807, 2.05) is 0 Å². The van der Waals surface area contributed by atoms with Crippen LogP contribution < -0.4 is 0 Å². The van der Waals surface area contributed by atoms with Crippen LogP contribution >= 0.6 is 0 Å². The number of carbonyl (C=O) groups excluding carboxylic acids is 1. The summed E-state index contributed by atoms with van der Waals surface area (Å²) in [4.78, 5) is 14.4. The van der Waals surface area contributed by atoms with E-state index in [0.29, 0.717) is 18.0 Å². The number of hydrogen-bond acceptors (Lipinski definition) is 2. The van der Waals surface area contributed by atoms with Crippen molar-refractivity contribution >= 4 is 17.2 Å². The van der Waals surface area contributed by atoms with Gasteiger partial charge in [0.15, 0.2) is 0 Å². The van der Waals surface area contributed by atoms with Crippen LogP contribution in [0, 0.1) is 11.8 Å². The number of para-hydroxylation sites is 1. The molecule has 3 saturated heterocycles. The average molecular weight is 306 g/mol. The molecule has 0 aliphatic carbocycles. The second kappa shape index (κ2) is 4.57. The highest BCUT2D eigenvalue weighted by molar-refractivity contribution is 5.86. The fourth-order valence-corrected chi connectivity index (χ4v) is 5.56. The minimum atomic E-state index is 0.165. The molecule has 0 saturated carbocycles. The molecule has 4 bridgehead atoms. The first-order valence-corrected chi connectivity index (χ1v) is 8.67. The quantitative estimate of drug-likeness (QED) is 0.597. The van der Waals surface area contributed by atoms with E-state index in [1.54, 1.807) is 0 Å². The lowest BCUT2D eigenvalue weighted by Gasteiger charge is -2.57. The largest absolute Gasteiger partial charge is 0.346 e. The first-order chi connectivity index (χ1) is 11.2. The van der Waals surface area contributed by atoms with Crippen molar-refractivity contribution < 1.29 is 4.79 Å². The topological polar surface area (TPSA) is 25.2 Å². The molecule has 3 nitrogen and oxygen atoms in total. The van der Waals surface area contributed by atoms with Crippen LogP contribution in [0.3, 0.4) is 0 Å². The molecular weight excluding hydrogens is 284 g/mol. The van der Waals surface area contributed by atoms with E-state index < -0.39 is 0 Å². The average Bonchev–Trinajstić information content (AvgIpc) is 2.87. The van der Waals surface area contributed by atoms with Crippen LogP contribution in [0.5, 0.6) is 0 Å². The number of rotatable bonds is 1. The molecule has 3 heteroatoms. The number of aldehydes is 1. The second-order valence-electron chi connectivity index (χ2n) is 7.32. The van der Waals surface area contributed by atoms with Crippen LogP contribution in [0.25, 0.3) is 10.9 Å². The van der Waals surface area contributed by atoms with Crippen molar-refractivity contribution in [1.82, 2.24) is 9.47 Å². The maximum Gasteiger partial charge on any atom is 0.125 e. The van der Waals surface area contributed by atoms with Gasteiger partial charge in [0, 0.05) is 42.1 Å². The number of piperidine rings is 3. The zero-order chi connectivity index (χ0) is 15.7. The fourth-order valence-electron chi connectivity index (χ4n) is 5.56. The number of hydrogen-bond donors (Lipinski definition) is 0.